The number of aryl methyl sites for hydroxylation is 2. The van der Waals surface area contributed by atoms with E-state index < -0.39 is 12.4 Å². The molecule has 0 radical (unpaired) electrons. The van der Waals surface area contributed by atoms with Crippen LogP contribution < -0.4 is 0 Å². The number of hydrogen-bond donors (Lipinski definition) is 3. The first-order valence-corrected chi connectivity index (χ1v) is 11.5. The van der Waals surface area contributed by atoms with Crippen LogP contribution in [0.4, 0.5) is 0 Å². The largest absolute Gasteiger partial charge is 0.388 e. The van der Waals surface area contributed by atoms with E-state index in [-0.39, 0.29) is 10.8 Å². The molecule has 1 unspecified atom stereocenters. The normalized spacial score (nSPS) is 17.5. The predicted octanol–water partition coefficient (Wildman–Crippen LogP) is 5.84. The summed E-state index contributed by atoms with van der Waals surface area (Å²) in [5.74, 6) is 0. The minimum atomic E-state index is -1.41. The Morgan fingerprint density at radius 3 is 2.16 bits per heavy atom. The highest BCUT2D eigenvalue weighted by Crippen LogP contribution is 2.45. The van der Waals surface area contributed by atoms with Crippen molar-refractivity contribution in [1.82, 2.24) is 0 Å². The molecule has 1 saturated carbocycles. The van der Waals surface area contributed by atoms with Gasteiger partial charge >= 0.3 is 0 Å². The van der Waals surface area contributed by atoms with E-state index in [1.165, 1.54) is 47.9 Å². The first-order valence-electron chi connectivity index (χ1n) is 11.5. The third kappa shape index (κ3) is 5.85. The average Bonchev–Trinajstić information content (AvgIpc) is 3.21. The molecule has 3 N–H and O–H groups in total. The first kappa shape index (κ1) is 23.7. The Morgan fingerprint density at radius 1 is 0.968 bits per heavy atom. The van der Waals surface area contributed by atoms with E-state index in [2.05, 4.69) is 25.1 Å². The third-order valence-corrected chi connectivity index (χ3v) is 6.96. The zero-order chi connectivity index (χ0) is 22.6. The Morgan fingerprint density at radius 2 is 1.61 bits per heavy atom. The zero-order valence-electron chi connectivity index (χ0n) is 19.4. The van der Waals surface area contributed by atoms with Gasteiger partial charge in [0.1, 0.15) is 0 Å². The summed E-state index contributed by atoms with van der Waals surface area (Å²) >= 11 is 0. The lowest BCUT2D eigenvalue weighted by atomic mass is 9.74. The minimum absolute atomic E-state index is 0.161. The number of aliphatic hydroxyl groups is 3. The molecule has 0 bridgehead atoms. The van der Waals surface area contributed by atoms with Gasteiger partial charge in [0, 0.05) is 5.56 Å². The van der Waals surface area contributed by atoms with Crippen LogP contribution in [0.2, 0.25) is 0 Å². The molecule has 2 aromatic rings. The fourth-order valence-corrected chi connectivity index (χ4v) is 4.65. The lowest BCUT2D eigenvalue weighted by Gasteiger charge is -2.31. The Labute approximate surface area is 187 Å². The predicted molar refractivity (Wildman–Crippen MR) is 128 cm³/mol. The Hall–Kier alpha value is -1.94. The molecule has 3 heteroatoms. The van der Waals surface area contributed by atoms with Gasteiger partial charge in [-0.1, -0.05) is 88.2 Å². The Kier molecular flexibility index (Phi) is 7.41. The molecule has 1 aliphatic carbocycles. The number of benzene rings is 2. The van der Waals surface area contributed by atoms with E-state index in [0.717, 1.165) is 12.8 Å². The van der Waals surface area contributed by atoms with Gasteiger partial charge in [0.15, 0.2) is 6.29 Å². The third-order valence-electron chi connectivity index (χ3n) is 6.96. The molecular formula is C28H38O3. The molecule has 0 heterocycles. The standard InChI is InChI=1S/C28H38O3/c1-20-19-24(13-11-22(20)12-14-25(29)27(2,3)4)28(16-5-6-17-28)18-15-21-7-9-23(10-8-21)26(30)31/h7-14,19,25-26,29-31H,5-6,15-18H2,1-4H3. The fourth-order valence-electron chi connectivity index (χ4n) is 4.65. The van der Waals surface area contributed by atoms with Crippen LogP contribution in [0, 0.1) is 12.3 Å². The summed E-state index contributed by atoms with van der Waals surface area (Å²) in [4.78, 5) is 0. The van der Waals surface area contributed by atoms with E-state index in [4.69, 9.17) is 0 Å². The highest BCUT2D eigenvalue weighted by Gasteiger charge is 2.35. The lowest BCUT2D eigenvalue weighted by Crippen LogP contribution is -2.23. The van der Waals surface area contributed by atoms with Crippen molar-refractivity contribution in [1.29, 1.82) is 0 Å². The second-order valence-corrected chi connectivity index (χ2v) is 10.3. The van der Waals surface area contributed by atoms with Gasteiger partial charge in [0.2, 0.25) is 0 Å². The molecular weight excluding hydrogens is 384 g/mol. The van der Waals surface area contributed by atoms with Crippen molar-refractivity contribution in [3.63, 3.8) is 0 Å². The minimum Gasteiger partial charge on any atom is -0.388 e. The highest BCUT2D eigenvalue weighted by molar-refractivity contribution is 5.55. The Bertz CT molecular complexity index is 881. The van der Waals surface area contributed by atoms with Gasteiger partial charge in [-0.05, 0) is 65.7 Å². The summed E-state index contributed by atoms with van der Waals surface area (Å²) < 4.78 is 0. The molecule has 1 fully saturated rings. The van der Waals surface area contributed by atoms with Crippen molar-refractivity contribution in [2.45, 2.75) is 84.0 Å². The van der Waals surface area contributed by atoms with Crippen LogP contribution in [0.1, 0.15) is 87.0 Å². The Balaban J connectivity index is 1.76. The molecule has 1 atom stereocenters. The molecule has 2 aromatic carbocycles. The monoisotopic (exact) mass is 422 g/mol. The molecule has 0 aliphatic heterocycles. The molecule has 0 aromatic heterocycles. The maximum absolute atomic E-state index is 10.3. The van der Waals surface area contributed by atoms with Crippen molar-refractivity contribution in [3.05, 3.63) is 76.4 Å². The summed E-state index contributed by atoms with van der Waals surface area (Å²) in [6.45, 7) is 8.29. The summed E-state index contributed by atoms with van der Waals surface area (Å²) in [7, 11) is 0. The average molecular weight is 423 g/mol. The van der Waals surface area contributed by atoms with Gasteiger partial charge in [-0.2, -0.15) is 0 Å². The molecule has 0 saturated heterocycles. The van der Waals surface area contributed by atoms with Gasteiger partial charge in [-0.25, -0.2) is 0 Å². The lowest BCUT2D eigenvalue weighted by molar-refractivity contribution is -0.0424. The maximum atomic E-state index is 10.3. The van der Waals surface area contributed by atoms with E-state index >= 15 is 0 Å². The van der Waals surface area contributed by atoms with Crippen LogP contribution in [-0.2, 0) is 11.8 Å². The van der Waals surface area contributed by atoms with Crippen molar-refractivity contribution >= 4 is 6.08 Å². The second kappa shape index (κ2) is 9.68. The van der Waals surface area contributed by atoms with Gasteiger partial charge in [0.25, 0.3) is 0 Å². The van der Waals surface area contributed by atoms with Crippen LogP contribution in [0.15, 0.2) is 48.5 Å². The number of hydrogen-bond acceptors (Lipinski definition) is 3. The summed E-state index contributed by atoms with van der Waals surface area (Å²) in [6, 6.07) is 14.5. The zero-order valence-corrected chi connectivity index (χ0v) is 19.4. The molecule has 31 heavy (non-hydrogen) atoms. The highest BCUT2D eigenvalue weighted by atomic mass is 16.5. The van der Waals surface area contributed by atoms with Crippen molar-refractivity contribution in [2.75, 3.05) is 0 Å². The molecule has 3 rings (SSSR count). The van der Waals surface area contributed by atoms with Crippen molar-refractivity contribution < 1.29 is 15.3 Å². The quantitative estimate of drug-likeness (QED) is 0.491. The fraction of sp³-hybridized carbons (Fsp3) is 0.500. The van der Waals surface area contributed by atoms with Crippen LogP contribution in [0.5, 0.6) is 0 Å². The van der Waals surface area contributed by atoms with Gasteiger partial charge in [-0.3, -0.25) is 0 Å². The van der Waals surface area contributed by atoms with Crippen LogP contribution in [0.25, 0.3) is 6.08 Å². The van der Waals surface area contributed by atoms with E-state index in [0.29, 0.717) is 5.56 Å². The van der Waals surface area contributed by atoms with E-state index in [9.17, 15) is 15.3 Å². The maximum Gasteiger partial charge on any atom is 0.178 e. The van der Waals surface area contributed by atoms with Crippen LogP contribution >= 0.6 is 0 Å². The number of rotatable bonds is 7. The summed E-state index contributed by atoms with van der Waals surface area (Å²) in [6.07, 6.45) is 9.15. The van der Waals surface area contributed by atoms with E-state index in [1.54, 1.807) is 12.1 Å². The molecule has 0 spiro atoms. The topological polar surface area (TPSA) is 60.7 Å². The number of aliphatic hydroxyl groups excluding tert-OH is 2. The summed E-state index contributed by atoms with van der Waals surface area (Å²) in [5, 5.41) is 28.9. The second-order valence-electron chi connectivity index (χ2n) is 10.3. The van der Waals surface area contributed by atoms with Gasteiger partial charge in [0.05, 0.1) is 6.10 Å². The smallest absolute Gasteiger partial charge is 0.178 e. The SMILES string of the molecule is Cc1cc(C2(CCc3ccc(C(O)O)cc3)CCCC2)ccc1C=CC(O)C(C)(C)C. The van der Waals surface area contributed by atoms with E-state index in [1.807, 2.05) is 45.1 Å². The van der Waals surface area contributed by atoms with Crippen LogP contribution in [0.3, 0.4) is 0 Å². The van der Waals surface area contributed by atoms with Crippen molar-refractivity contribution in [2.24, 2.45) is 5.41 Å². The first-order chi connectivity index (χ1) is 14.6. The molecule has 0 amide bonds. The molecule has 3 nitrogen and oxygen atoms in total. The molecule has 1 aliphatic rings. The van der Waals surface area contributed by atoms with Crippen LogP contribution in [-0.4, -0.2) is 21.4 Å². The summed E-state index contributed by atoms with van der Waals surface area (Å²) in [5.41, 5.74) is 5.68. The van der Waals surface area contributed by atoms with Crippen molar-refractivity contribution in [3.8, 4) is 0 Å². The molecule has 168 valence electrons. The van der Waals surface area contributed by atoms with Gasteiger partial charge in [-0.15, -0.1) is 0 Å². The van der Waals surface area contributed by atoms with Gasteiger partial charge < -0.3 is 15.3 Å².